The highest BCUT2D eigenvalue weighted by molar-refractivity contribution is 7.07. The van der Waals surface area contributed by atoms with Gasteiger partial charge in [0.25, 0.3) is 5.56 Å². The third kappa shape index (κ3) is 3.50. The predicted molar refractivity (Wildman–Crippen MR) is 136 cm³/mol. The van der Waals surface area contributed by atoms with Crippen LogP contribution < -0.4 is 14.9 Å². The van der Waals surface area contributed by atoms with Crippen LogP contribution in [0.3, 0.4) is 0 Å². The maximum absolute atomic E-state index is 13.7. The van der Waals surface area contributed by atoms with Crippen LogP contribution >= 0.6 is 34.5 Å². The van der Waals surface area contributed by atoms with Crippen molar-refractivity contribution in [3.05, 3.63) is 130 Å². The van der Waals surface area contributed by atoms with E-state index in [9.17, 15) is 4.79 Å². The molecule has 6 heteroatoms. The van der Waals surface area contributed by atoms with Gasteiger partial charge in [0.15, 0.2) is 4.80 Å². The van der Waals surface area contributed by atoms with Crippen molar-refractivity contribution in [2.24, 2.45) is 4.99 Å². The van der Waals surface area contributed by atoms with E-state index in [1.54, 1.807) is 10.6 Å². The normalized spacial score (nSPS) is 17.3. The minimum absolute atomic E-state index is 0.0518. The zero-order chi connectivity index (χ0) is 22.5. The molecule has 0 saturated heterocycles. The van der Waals surface area contributed by atoms with Gasteiger partial charge in [0, 0.05) is 15.6 Å². The van der Waals surface area contributed by atoms with E-state index in [1.807, 2.05) is 54.6 Å². The van der Waals surface area contributed by atoms with Crippen LogP contribution in [0.5, 0.6) is 0 Å². The van der Waals surface area contributed by atoms with Gasteiger partial charge >= 0.3 is 0 Å². The number of halogens is 2. The summed E-state index contributed by atoms with van der Waals surface area (Å²) in [6.45, 7) is 0. The summed E-state index contributed by atoms with van der Waals surface area (Å²) in [5.41, 5.74) is 6.30. The van der Waals surface area contributed by atoms with E-state index in [0.717, 1.165) is 40.8 Å². The molecule has 162 valence electrons. The molecular weight excluding hydrogens is 471 g/mol. The van der Waals surface area contributed by atoms with E-state index in [0.29, 0.717) is 19.4 Å². The number of benzene rings is 3. The summed E-state index contributed by atoms with van der Waals surface area (Å²) < 4.78 is 2.46. The van der Waals surface area contributed by atoms with Crippen molar-refractivity contribution in [3.8, 4) is 0 Å². The van der Waals surface area contributed by atoms with Crippen LogP contribution in [0, 0.1) is 0 Å². The minimum Gasteiger partial charge on any atom is -0.272 e. The Morgan fingerprint density at radius 2 is 1.76 bits per heavy atom. The molecule has 1 aromatic heterocycles. The highest BCUT2D eigenvalue weighted by atomic mass is 35.5. The summed E-state index contributed by atoms with van der Waals surface area (Å²) >= 11 is 14.3. The van der Waals surface area contributed by atoms with E-state index in [1.165, 1.54) is 16.9 Å². The molecule has 6 rings (SSSR count). The predicted octanol–water partition coefficient (Wildman–Crippen LogP) is 5.63. The van der Waals surface area contributed by atoms with Gasteiger partial charge in [0.1, 0.15) is 0 Å². The highest BCUT2D eigenvalue weighted by Crippen LogP contribution is 2.43. The van der Waals surface area contributed by atoms with Crippen LogP contribution in [0.15, 0.2) is 88.2 Å². The first-order chi connectivity index (χ1) is 16.1. The van der Waals surface area contributed by atoms with Crippen molar-refractivity contribution >= 4 is 46.3 Å². The van der Waals surface area contributed by atoms with Crippen LogP contribution in [0.1, 0.15) is 34.7 Å². The average Bonchev–Trinajstić information content (AvgIpc) is 3.13. The number of rotatable bonds is 2. The summed E-state index contributed by atoms with van der Waals surface area (Å²) in [6, 6.07) is 23.5. The van der Waals surface area contributed by atoms with E-state index in [2.05, 4.69) is 18.2 Å². The molecule has 3 nitrogen and oxygen atoms in total. The molecule has 33 heavy (non-hydrogen) atoms. The summed E-state index contributed by atoms with van der Waals surface area (Å²) in [5.74, 6) is 0. The summed E-state index contributed by atoms with van der Waals surface area (Å²) in [7, 11) is 0. The lowest BCUT2D eigenvalue weighted by molar-refractivity contribution is 0.585. The standard InChI is InChI=1S/C27H18Cl2N2OS/c28-18-11-13-20(22(29)15-18)25-21-12-10-17-8-4-5-9-19(17)24(21)30-27-31(25)26(32)23(33-27)14-16-6-2-1-3-7-16/h1-9,11,13-15,25H,10,12H2/b23-14+/t25-/m0/s1. The topological polar surface area (TPSA) is 34.4 Å². The Hall–Kier alpha value is -2.92. The quantitative estimate of drug-likeness (QED) is 0.360. The van der Waals surface area contributed by atoms with Gasteiger partial charge in [-0.3, -0.25) is 9.36 Å². The molecular formula is C27H18Cl2N2OS. The van der Waals surface area contributed by atoms with E-state index in [4.69, 9.17) is 28.2 Å². The maximum atomic E-state index is 13.7. The lowest BCUT2D eigenvalue weighted by Gasteiger charge is -2.31. The molecule has 1 aliphatic carbocycles. The third-order valence-corrected chi connectivity index (χ3v) is 7.77. The summed E-state index contributed by atoms with van der Waals surface area (Å²) in [5, 5.41) is 1.13. The van der Waals surface area contributed by atoms with Gasteiger partial charge in [-0.2, -0.15) is 0 Å². The fraction of sp³-hybridized carbons (Fsp3) is 0.111. The molecule has 2 heterocycles. The zero-order valence-electron chi connectivity index (χ0n) is 17.5. The second-order valence-electron chi connectivity index (χ2n) is 8.19. The van der Waals surface area contributed by atoms with Crippen molar-refractivity contribution in [2.45, 2.75) is 18.9 Å². The minimum atomic E-state index is -0.313. The third-order valence-electron chi connectivity index (χ3n) is 6.23. The molecule has 0 bridgehead atoms. The van der Waals surface area contributed by atoms with Gasteiger partial charge in [-0.1, -0.05) is 95.2 Å². The van der Waals surface area contributed by atoms with Gasteiger partial charge in [-0.25, -0.2) is 4.99 Å². The molecule has 1 atom stereocenters. The Kier molecular flexibility index (Phi) is 5.10. The lowest BCUT2D eigenvalue weighted by Crippen LogP contribution is -2.38. The summed E-state index contributed by atoms with van der Waals surface area (Å²) in [6.07, 6.45) is 3.66. The second kappa shape index (κ2) is 8.14. The van der Waals surface area contributed by atoms with Crippen molar-refractivity contribution in [1.82, 2.24) is 4.57 Å². The largest absolute Gasteiger partial charge is 0.272 e. The van der Waals surface area contributed by atoms with Crippen molar-refractivity contribution < 1.29 is 0 Å². The molecule has 0 fully saturated rings. The average molecular weight is 489 g/mol. The van der Waals surface area contributed by atoms with Gasteiger partial charge in [0.2, 0.25) is 0 Å². The van der Waals surface area contributed by atoms with E-state index in [-0.39, 0.29) is 11.6 Å². The summed E-state index contributed by atoms with van der Waals surface area (Å²) in [4.78, 5) is 19.4. The first kappa shape index (κ1) is 20.7. The van der Waals surface area contributed by atoms with Gasteiger partial charge < -0.3 is 0 Å². The van der Waals surface area contributed by atoms with Crippen molar-refractivity contribution in [1.29, 1.82) is 0 Å². The number of aryl methyl sites for hydroxylation is 1. The maximum Gasteiger partial charge on any atom is 0.271 e. The number of nitrogens with zero attached hydrogens (tertiary/aromatic N) is 2. The van der Waals surface area contributed by atoms with E-state index < -0.39 is 0 Å². The lowest BCUT2D eigenvalue weighted by atomic mass is 9.83. The van der Waals surface area contributed by atoms with E-state index >= 15 is 0 Å². The molecule has 4 aromatic rings. The highest BCUT2D eigenvalue weighted by Gasteiger charge is 2.33. The molecule has 0 amide bonds. The molecule has 0 radical (unpaired) electrons. The monoisotopic (exact) mass is 488 g/mol. The van der Waals surface area contributed by atoms with Crippen LogP contribution in [0.4, 0.5) is 0 Å². The zero-order valence-corrected chi connectivity index (χ0v) is 19.8. The Balaban J connectivity index is 1.66. The Morgan fingerprint density at radius 3 is 2.58 bits per heavy atom. The molecule has 0 N–H and O–H groups in total. The number of hydrogen-bond donors (Lipinski definition) is 0. The molecule has 0 unspecified atom stereocenters. The van der Waals surface area contributed by atoms with Gasteiger partial charge in [0.05, 0.1) is 16.3 Å². The number of allylic oxidation sites excluding steroid dienone is 1. The van der Waals surface area contributed by atoms with Crippen molar-refractivity contribution in [2.75, 3.05) is 0 Å². The smallest absolute Gasteiger partial charge is 0.271 e. The van der Waals surface area contributed by atoms with Crippen molar-refractivity contribution in [3.63, 3.8) is 0 Å². The first-order valence-corrected chi connectivity index (χ1v) is 12.3. The molecule has 2 aliphatic rings. The van der Waals surface area contributed by atoms with Crippen LogP contribution in [0.25, 0.3) is 11.8 Å². The SMILES string of the molecule is O=c1/c(=C\c2ccccc2)sc2n1[C@@H](c1ccc(Cl)cc1Cl)C1=C(N=2)c2ccccc2CC1. The first-order valence-electron chi connectivity index (χ1n) is 10.7. The molecule has 0 spiro atoms. The fourth-order valence-corrected chi connectivity index (χ4v) is 6.24. The fourth-order valence-electron chi connectivity index (χ4n) is 4.72. The van der Waals surface area contributed by atoms with Crippen LogP contribution in [-0.4, -0.2) is 4.57 Å². The molecule has 0 saturated carbocycles. The van der Waals surface area contributed by atoms with Gasteiger partial charge in [-0.15, -0.1) is 0 Å². The number of aromatic nitrogens is 1. The van der Waals surface area contributed by atoms with Gasteiger partial charge in [-0.05, 0) is 53.3 Å². The Morgan fingerprint density at radius 1 is 0.970 bits per heavy atom. The Bertz CT molecular complexity index is 1620. The number of thiazole rings is 1. The second-order valence-corrected chi connectivity index (χ2v) is 10.0. The molecule has 3 aromatic carbocycles. The van der Waals surface area contributed by atoms with Crippen LogP contribution in [-0.2, 0) is 6.42 Å². The Labute approximate surface area is 204 Å². The number of hydrogen-bond acceptors (Lipinski definition) is 3. The molecule has 1 aliphatic heterocycles. The number of fused-ring (bicyclic) bond motifs is 3. The van der Waals surface area contributed by atoms with Crippen LogP contribution in [0.2, 0.25) is 10.0 Å².